The van der Waals surface area contributed by atoms with Gasteiger partial charge in [0.15, 0.2) is 0 Å². The maximum Gasteiger partial charge on any atom is 0.460 e. The number of rotatable bonds is 24. The topological polar surface area (TPSA) is 27.7 Å². The third-order valence-electron chi connectivity index (χ3n) is 7.83. The molecule has 0 aromatic carbocycles. The van der Waals surface area contributed by atoms with Crippen LogP contribution in [0.5, 0.6) is 0 Å². The van der Waals surface area contributed by atoms with Crippen LogP contribution in [0.25, 0.3) is 0 Å². The van der Waals surface area contributed by atoms with Crippen molar-refractivity contribution in [1.82, 2.24) is 0 Å². The van der Waals surface area contributed by atoms with Crippen LogP contribution >= 0.6 is 8.60 Å². The van der Waals surface area contributed by atoms with E-state index in [4.69, 9.17) is 0 Å². The molecule has 0 rings (SSSR count). The standard InChI is InChI=1S/C24H12F39O3P/c25-7(26,10(31,32)13(37,38)16(43,44)19(49,50)22(55,56)57)1-4-64-67(65-5-2-8(27,28)11(33,34)14(39,40)17(45,46)20(51,52)23(58,59)60)66-6-3-9(29,30)12(35,36)15(41,42)18(47,48)21(53,54)24(61,62)63/h1-6H2. The molecule has 0 bridgehead atoms. The van der Waals surface area contributed by atoms with Crippen LogP contribution in [0.3, 0.4) is 0 Å². The monoisotopic (exact) mass is 1120 g/mol. The molecule has 0 heterocycles. The first-order chi connectivity index (χ1) is 28.5. The van der Waals surface area contributed by atoms with Gasteiger partial charge in [-0.3, -0.25) is 0 Å². The van der Waals surface area contributed by atoms with Crippen molar-refractivity contribution in [3.8, 4) is 0 Å². The summed E-state index contributed by atoms with van der Waals surface area (Å²) >= 11 is 0. The van der Waals surface area contributed by atoms with Gasteiger partial charge < -0.3 is 13.6 Å². The predicted octanol–water partition coefficient (Wildman–Crippen LogP) is 14.6. The van der Waals surface area contributed by atoms with E-state index in [1.165, 1.54) is 0 Å². The predicted molar refractivity (Wildman–Crippen MR) is 131 cm³/mol. The first kappa shape index (κ1) is 64.6. The van der Waals surface area contributed by atoms with Crippen LogP contribution in [-0.4, -0.2) is 127 Å². The molecule has 0 atom stereocenters. The molecule has 0 aliphatic carbocycles. The zero-order valence-electron chi connectivity index (χ0n) is 29.7. The molecule has 0 amide bonds. The molecule has 43 heteroatoms. The Morgan fingerprint density at radius 1 is 0.194 bits per heavy atom. The van der Waals surface area contributed by atoms with Crippen molar-refractivity contribution in [2.75, 3.05) is 19.8 Å². The Hall–Kier alpha value is -2.42. The third-order valence-corrected chi connectivity index (χ3v) is 9.01. The van der Waals surface area contributed by atoms with Crippen molar-refractivity contribution < 1.29 is 185 Å². The van der Waals surface area contributed by atoms with Crippen LogP contribution in [0, 0.1) is 0 Å². The first-order valence-electron chi connectivity index (χ1n) is 15.1. The average molecular weight is 1120 g/mol. The molecule has 0 saturated carbocycles. The largest absolute Gasteiger partial charge is 0.460 e. The summed E-state index contributed by atoms with van der Waals surface area (Å²) in [4.78, 5) is 0. The summed E-state index contributed by atoms with van der Waals surface area (Å²) in [6.07, 6.45) is -35.2. The first-order valence-corrected chi connectivity index (χ1v) is 16.2. The molecular weight excluding hydrogens is 1110 g/mol. The van der Waals surface area contributed by atoms with Crippen LogP contribution in [0.4, 0.5) is 171 Å². The van der Waals surface area contributed by atoms with Crippen LogP contribution in [0.2, 0.25) is 0 Å². The van der Waals surface area contributed by atoms with Gasteiger partial charge in [0.2, 0.25) is 0 Å². The summed E-state index contributed by atoms with van der Waals surface area (Å²) in [5.41, 5.74) is 0. The van der Waals surface area contributed by atoms with E-state index >= 15 is 0 Å². The Labute approximate surface area is 341 Å². The molecule has 0 spiro atoms. The molecule has 0 N–H and O–H groups in total. The highest BCUT2D eigenvalue weighted by atomic mass is 31.2. The molecule has 0 unspecified atom stereocenters. The minimum Gasteiger partial charge on any atom is -0.312 e. The minimum absolute atomic E-state index is 3.11. The van der Waals surface area contributed by atoms with Gasteiger partial charge in [-0.2, -0.15) is 171 Å². The molecule has 0 aromatic rings. The van der Waals surface area contributed by atoms with E-state index in [1.54, 1.807) is 0 Å². The Morgan fingerprint density at radius 3 is 0.463 bits per heavy atom. The molecule has 0 saturated heterocycles. The highest BCUT2D eigenvalue weighted by Crippen LogP contribution is 2.64. The Balaban J connectivity index is 6.99. The van der Waals surface area contributed by atoms with Gasteiger partial charge in [-0.25, -0.2) is 0 Å². The second-order valence-corrected chi connectivity index (χ2v) is 13.7. The van der Waals surface area contributed by atoms with Gasteiger partial charge in [0.1, 0.15) is 0 Å². The summed E-state index contributed by atoms with van der Waals surface area (Å²) in [5, 5.41) is 0. The van der Waals surface area contributed by atoms with Crippen molar-refractivity contribution in [2.45, 2.75) is 127 Å². The fourth-order valence-corrected chi connectivity index (χ4v) is 4.68. The lowest BCUT2D eigenvalue weighted by atomic mass is 9.93. The summed E-state index contributed by atoms with van der Waals surface area (Å²) in [6, 6.07) is 0. The quantitative estimate of drug-likeness (QED) is 0.0712. The van der Waals surface area contributed by atoms with Crippen molar-refractivity contribution in [3.63, 3.8) is 0 Å². The lowest BCUT2D eigenvalue weighted by Crippen LogP contribution is -2.70. The zero-order valence-corrected chi connectivity index (χ0v) is 30.5. The summed E-state index contributed by atoms with van der Waals surface area (Å²) in [7, 11) is -5.13. The van der Waals surface area contributed by atoms with Gasteiger partial charge in [0, 0.05) is 19.3 Å². The van der Waals surface area contributed by atoms with E-state index in [1.807, 2.05) is 0 Å². The second kappa shape index (κ2) is 18.0. The van der Waals surface area contributed by atoms with Crippen molar-refractivity contribution in [2.24, 2.45) is 0 Å². The van der Waals surface area contributed by atoms with Crippen LogP contribution in [0.15, 0.2) is 0 Å². The van der Waals surface area contributed by atoms with E-state index in [2.05, 4.69) is 13.6 Å². The molecule has 0 fully saturated rings. The van der Waals surface area contributed by atoms with E-state index in [9.17, 15) is 171 Å². The lowest BCUT2D eigenvalue weighted by Gasteiger charge is -2.40. The molecular formula is C24H12F39O3P. The number of alkyl halides is 39. The molecule has 404 valence electrons. The fourth-order valence-electron chi connectivity index (χ4n) is 3.73. The smallest absolute Gasteiger partial charge is 0.312 e. The van der Waals surface area contributed by atoms with E-state index in [0.29, 0.717) is 0 Å². The summed E-state index contributed by atoms with van der Waals surface area (Å²) in [6.45, 7) is -9.34. The van der Waals surface area contributed by atoms with Gasteiger partial charge in [0.25, 0.3) is 0 Å². The Morgan fingerprint density at radius 2 is 0.328 bits per heavy atom. The lowest BCUT2D eigenvalue weighted by molar-refractivity contribution is -0.440. The van der Waals surface area contributed by atoms with E-state index in [-0.39, 0.29) is 0 Å². The Kier molecular flexibility index (Phi) is 17.4. The normalized spacial score (nSPS) is 16.7. The third kappa shape index (κ3) is 10.2. The van der Waals surface area contributed by atoms with Gasteiger partial charge in [-0.05, 0) is 0 Å². The summed E-state index contributed by atoms with van der Waals surface area (Å²) in [5.74, 6) is -124. The average Bonchev–Trinajstić information content (AvgIpc) is 3.08. The number of halogens is 39. The van der Waals surface area contributed by atoms with Crippen LogP contribution < -0.4 is 0 Å². The van der Waals surface area contributed by atoms with Crippen LogP contribution in [-0.2, 0) is 13.6 Å². The van der Waals surface area contributed by atoms with Gasteiger partial charge >= 0.3 is 116 Å². The van der Waals surface area contributed by atoms with Crippen molar-refractivity contribution in [1.29, 1.82) is 0 Å². The maximum atomic E-state index is 14.1. The minimum atomic E-state index is -8.64. The van der Waals surface area contributed by atoms with Crippen molar-refractivity contribution >= 4 is 8.60 Å². The second-order valence-electron chi connectivity index (χ2n) is 12.5. The zero-order chi connectivity index (χ0) is 54.9. The van der Waals surface area contributed by atoms with Gasteiger partial charge in [-0.15, -0.1) is 0 Å². The molecule has 0 aromatic heterocycles. The number of hydrogen-bond donors (Lipinski definition) is 0. The SMILES string of the molecule is FC(F)(F)C(F)(F)C(F)(F)C(F)(F)C(F)(F)C(F)(F)CCOP(OCCC(F)(F)C(F)(F)C(F)(F)C(F)(F)C(F)(F)C(F)(F)F)OCCC(F)(F)C(F)(F)C(F)(F)C(F)(F)C(F)(F)C(F)(F)F. The van der Waals surface area contributed by atoms with Crippen molar-refractivity contribution in [3.05, 3.63) is 0 Å². The highest BCUT2D eigenvalue weighted by molar-refractivity contribution is 7.41. The molecule has 0 aliphatic heterocycles. The summed E-state index contributed by atoms with van der Waals surface area (Å²) < 4.78 is 529. The Bertz CT molecular complexity index is 1460. The fraction of sp³-hybridized carbons (Fsp3) is 1.00. The molecule has 67 heavy (non-hydrogen) atoms. The molecule has 0 radical (unpaired) electrons. The highest BCUT2D eigenvalue weighted by Gasteiger charge is 2.93. The van der Waals surface area contributed by atoms with Crippen LogP contribution in [0.1, 0.15) is 19.3 Å². The van der Waals surface area contributed by atoms with Gasteiger partial charge in [-0.1, -0.05) is 0 Å². The van der Waals surface area contributed by atoms with Gasteiger partial charge in [0.05, 0.1) is 19.8 Å². The number of hydrogen-bond acceptors (Lipinski definition) is 3. The molecule has 0 aliphatic rings. The molecule has 3 nitrogen and oxygen atoms in total. The van der Waals surface area contributed by atoms with E-state index < -0.39 is 155 Å². The maximum absolute atomic E-state index is 14.1. The van der Waals surface area contributed by atoms with E-state index in [0.717, 1.165) is 0 Å².